The van der Waals surface area contributed by atoms with Gasteiger partial charge in [-0.1, -0.05) is 0 Å². The van der Waals surface area contributed by atoms with E-state index in [-0.39, 0.29) is 11.8 Å². The third-order valence-corrected chi connectivity index (χ3v) is 4.46. The molecule has 0 bridgehead atoms. The number of hydrogen-bond donors (Lipinski definition) is 2. The van der Waals surface area contributed by atoms with Gasteiger partial charge in [0, 0.05) is 45.1 Å². The lowest BCUT2D eigenvalue weighted by Gasteiger charge is -2.39. The van der Waals surface area contributed by atoms with Crippen molar-refractivity contribution in [1.29, 1.82) is 0 Å². The standard InChI is InChI=1S/C14H22N6O/c15-12(21)14(16,11-2-3-11)10-19-6-8-20(9-7-19)13-17-4-1-5-18-13/h1,4-5,11H,2-3,6-10,16H2,(H2,15,21). The Morgan fingerprint density at radius 1 is 1.24 bits per heavy atom. The molecule has 1 atom stereocenters. The summed E-state index contributed by atoms with van der Waals surface area (Å²) in [6, 6.07) is 1.81. The van der Waals surface area contributed by atoms with Crippen molar-refractivity contribution in [2.75, 3.05) is 37.6 Å². The second-order valence-corrected chi connectivity index (χ2v) is 5.99. The quantitative estimate of drug-likeness (QED) is 0.735. The van der Waals surface area contributed by atoms with E-state index < -0.39 is 5.54 Å². The molecule has 1 aromatic rings. The molecule has 114 valence electrons. The zero-order valence-electron chi connectivity index (χ0n) is 12.1. The summed E-state index contributed by atoms with van der Waals surface area (Å²) in [6.07, 6.45) is 5.52. The lowest BCUT2D eigenvalue weighted by Crippen LogP contribution is -2.62. The fraction of sp³-hybridized carbons (Fsp3) is 0.643. The SMILES string of the molecule is NC(=O)C(N)(CN1CCN(c2ncccn2)CC1)C1CC1. The van der Waals surface area contributed by atoms with Crippen molar-refractivity contribution in [3.63, 3.8) is 0 Å². The van der Waals surface area contributed by atoms with E-state index in [1.807, 2.05) is 6.07 Å². The molecule has 0 radical (unpaired) electrons. The van der Waals surface area contributed by atoms with Crippen molar-refractivity contribution in [1.82, 2.24) is 14.9 Å². The molecule has 0 spiro atoms. The number of amides is 1. The minimum Gasteiger partial charge on any atom is -0.368 e. The summed E-state index contributed by atoms with van der Waals surface area (Å²) < 4.78 is 0. The first kappa shape index (κ1) is 14.2. The molecule has 1 unspecified atom stereocenters. The van der Waals surface area contributed by atoms with Crippen LogP contribution in [0.4, 0.5) is 5.95 Å². The molecule has 1 aliphatic carbocycles. The maximum Gasteiger partial charge on any atom is 0.239 e. The average molecular weight is 290 g/mol. The largest absolute Gasteiger partial charge is 0.368 e. The maximum absolute atomic E-state index is 11.7. The molecule has 7 nitrogen and oxygen atoms in total. The van der Waals surface area contributed by atoms with Crippen molar-refractivity contribution in [3.05, 3.63) is 18.5 Å². The first-order valence-corrected chi connectivity index (χ1v) is 7.43. The highest BCUT2D eigenvalue weighted by Crippen LogP contribution is 2.38. The van der Waals surface area contributed by atoms with Gasteiger partial charge in [-0.2, -0.15) is 0 Å². The van der Waals surface area contributed by atoms with Gasteiger partial charge >= 0.3 is 0 Å². The zero-order chi connectivity index (χ0) is 14.9. The molecule has 1 saturated carbocycles. The summed E-state index contributed by atoms with van der Waals surface area (Å²) in [7, 11) is 0. The molecule has 4 N–H and O–H groups in total. The minimum absolute atomic E-state index is 0.255. The summed E-state index contributed by atoms with van der Waals surface area (Å²) in [5.74, 6) is 0.637. The summed E-state index contributed by atoms with van der Waals surface area (Å²) in [4.78, 5) is 24.6. The lowest BCUT2D eigenvalue weighted by molar-refractivity contribution is -0.124. The van der Waals surface area contributed by atoms with E-state index in [0.717, 1.165) is 45.0 Å². The van der Waals surface area contributed by atoms with Gasteiger partial charge in [0.25, 0.3) is 0 Å². The number of piperazine rings is 1. The maximum atomic E-state index is 11.7. The van der Waals surface area contributed by atoms with E-state index in [4.69, 9.17) is 11.5 Å². The Bertz CT molecular complexity index is 497. The van der Waals surface area contributed by atoms with E-state index in [1.54, 1.807) is 12.4 Å². The predicted molar refractivity (Wildman–Crippen MR) is 79.5 cm³/mol. The van der Waals surface area contributed by atoms with Crippen molar-refractivity contribution in [2.24, 2.45) is 17.4 Å². The predicted octanol–water partition coefficient (Wildman–Crippen LogP) is -0.809. The van der Waals surface area contributed by atoms with Crippen molar-refractivity contribution in [2.45, 2.75) is 18.4 Å². The Morgan fingerprint density at radius 3 is 2.38 bits per heavy atom. The molecule has 0 aromatic carbocycles. The molecule has 1 amide bonds. The van der Waals surface area contributed by atoms with Gasteiger partial charge in [0.1, 0.15) is 5.54 Å². The van der Waals surface area contributed by atoms with Gasteiger partial charge in [0.05, 0.1) is 0 Å². The van der Waals surface area contributed by atoms with E-state index in [0.29, 0.717) is 6.54 Å². The minimum atomic E-state index is -0.870. The van der Waals surface area contributed by atoms with Crippen molar-refractivity contribution in [3.8, 4) is 0 Å². The van der Waals surface area contributed by atoms with Crippen LogP contribution in [-0.2, 0) is 4.79 Å². The monoisotopic (exact) mass is 290 g/mol. The molecule has 1 saturated heterocycles. The fourth-order valence-electron chi connectivity index (χ4n) is 2.94. The Labute approximate surface area is 124 Å². The number of nitrogens with zero attached hydrogens (tertiary/aromatic N) is 4. The molecule has 2 fully saturated rings. The molecule has 3 rings (SSSR count). The van der Waals surface area contributed by atoms with Crippen LogP contribution in [-0.4, -0.2) is 59.0 Å². The number of carbonyl (C=O) groups excluding carboxylic acids is 1. The second-order valence-electron chi connectivity index (χ2n) is 5.99. The van der Waals surface area contributed by atoms with Gasteiger partial charge in [0.2, 0.25) is 11.9 Å². The normalized spacial score (nSPS) is 22.8. The van der Waals surface area contributed by atoms with Crippen LogP contribution in [0.3, 0.4) is 0 Å². The third-order valence-electron chi connectivity index (χ3n) is 4.46. The molecule has 2 aliphatic rings. The Morgan fingerprint density at radius 2 is 1.86 bits per heavy atom. The smallest absolute Gasteiger partial charge is 0.239 e. The van der Waals surface area contributed by atoms with E-state index in [9.17, 15) is 4.79 Å². The number of anilines is 1. The first-order chi connectivity index (χ1) is 10.1. The van der Waals surface area contributed by atoms with Gasteiger partial charge in [-0.3, -0.25) is 9.69 Å². The highest BCUT2D eigenvalue weighted by atomic mass is 16.1. The number of rotatable bonds is 5. The molecular formula is C14H22N6O. The van der Waals surface area contributed by atoms with Crippen LogP contribution in [0.5, 0.6) is 0 Å². The fourth-order valence-corrected chi connectivity index (χ4v) is 2.94. The topological polar surface area (TPSA) is 101 Å². The van der Waals surface area contributed by atoms with Crippen LogP contribution < -0.4 is 16.4 Å². The lowest BCUT2D eigenvalue weighted by atomic mass is 9.92. The van der Waals surface area contributed by atoms with Crippen molar-refractivity contribution < 1.29 is 4.79 Å². The van der Waals surface area contributed by atoms with Gasteiger partial charge < -0.3 is 16.4 Å². The Kier molecular flexibility index (Phi) is 3.77. The van der Waals surface area contributed by atoms with Crippen LogP contribution in [0.1, 0.15) is 12.8 Å². The van der Waals surface area contributed by atoms with Crippen LogP contribution in [0.25, 0.3) is 0 Å². The van der Waals surface area contributed by atoms with Gasteiger partial charge in [-0.05, 0) is 24.8 Å². The Hall–Kier alpha value is -1.73. The summed E-state index contributed by atoms with van der Waals surface area (Å²) in [5.41, 5.74) is 10.9. The van der Waals surface area contributed by atoms with Crippen LogP contribution >= 0.6 is 0 Å². The summed E-state index contributed by atoms with van der Waals surface area (Å²) in [6.45, 7) is 3.91. The number of aromatic nitrogens is 2. The second kappa shape index (κ2) is 5.57. The van der Waals surface area contributed by atoms with E-state index in [1.165, 1.54) is 0 Å². The number of hydrogen-bond acceptors (Lipinski definition) is 6. The van der Waals surface area contributed by atoms with E-state index in [2.05, 4.69) is 19.8 Å². The molecule has 2 heterocycles. The molecule has 1 aromatic heterocycles. The third kappa shape index (κ3) is 2.98. The average Bonchev–Trinajstić information content (AvgIpc) is 3.34. The number of carbonyl (C=O) groups is 1. The summed E-state index contributed by atoms with van der Waals surface area (Å²) in [5, 5.41) is 0. The van der Waals surface area contributed by atoms with Gasteiger partial charge in [-0.15, -0.1) is 0 Å². The number of primary amides is 1. The first-order valence-electron chi connectivity index (χ1n) is 7.43. The van der Waals surface area contributed by atoms with Crippen LogP contribution in [0.15, 0.2) is 18.5 Å². The highest BCUT2D eigenvalue weighted by molar-refractivity contribution is 5.85. The van der Waals surface area contributed by atoms with Crippen LogP contribution in [0.2, 0.25) is 0 Å². The van der Waals surface area contributed by atoms with E-state index >= 15 is 0 Å². The summed E-state index contributed by atoms with van der Waals surface area (Å²) >= 11 is 0. The van der Waals surface area contributed by atoms with Crippen molar-refractivity contribution >= 4 is 11.9 Å². The zero-order valence-corrected chi connectivity index (χ0v) is 12.1. The molecule has 1 aliphatic heterocycles. The highest BCUT2D eigenvalue weighted by Gasteiger charge is 2.47. The van der Waals surface area contributed by atoms with Gasteiger partial charge in [-0.25, -0.2) is 9.97 Å². The van der Waals surface area contributed by atoms with Gasteiger partial charge in [0.15, 0.2) is 0 Å². The molecule has 21 heavy (non-hydrogen) atoms. The molecule has 7 heteroatoms. The Balaban J connectivity index is 1.57. The molecular weight excluding hydrogens is 268 g/mol. The van der Waals surface area contributed by atoms with Crippen LogP contribution in [0, 0.1) is 5.92 Å². The number of nitrogens with two attached hydrogens (primary N) is 2.